The fourth-order valence-corrected chi connectivity index (χ4v) is 3.88. The predicted molar refractivity (Wildman–Crippen MR) is 119 cm³/mol. The number of rotatable bonds is 7. The zero-order valence-corrected chi connectivity index (χ0v) is 18.7. The molecule has 30 heavy (non-hydrogen) atoms. The lowest BCUT2D eigenvalue weighted by molar-refractivity contribution is 0.294. The average molecular weight is 431 g/mol. The number of aryl methyl sites for hydroxylation is 1. The summed E-state index contributed by atoms with van der Waals surface area (Å²) in [5.74, 6) is 0.809. The minimum Gasteiger partial charge on any atom is -0.496 e. The molecule has 0 aliphatic heterocycles. The maximum absolute atomic E-state index is 13.2. The zero-order chi connectivity index (χ0) is 22.0. The molecule has 0 bridgehead atoms. The van der Waals surface area contributed by atoms with Crippen LogP contribution in [-0.2, 0) is 13.1 Å². The van der Waals surface area contributed by atoms with Crippen molar-refractivity contribution in [3.8, 4) is 5.75 Å². The molecule has 3 rings (SSSR count). The number of halogens is 1. The largest absolute Gasteiger partial charge is 0.496 e. The SMILES string of the molecule is CCN(CC)Cc1cn(Cc2ncc(C)c(OC)c2C)c2nc(N)nc(Cl)c2c1=O. The first-order chi connectivity index (χ1) is 14.3. The molecular formula is C21H27ClN6O2. The van der Waals surface area contributed by atoms with E-state index in [1.54, 1.807) is 13.3 Å². The van der Waals surface area contributed by atoms with Crippen LogP contribution in [0.3, 0.4) is 0 Å². The van der Waals surface area contributed by atoms with Gasteiger partial charge in [-0.05, 0) is 26.9 Å². The van der Waals surface area contributed by atoms with Gasteiger partial charge in [0.2, 0.25) is 5.95 Å². The molecule has 0 aliphatic carbocycles. The summed E-state index contributed by atoms with van der Waals surface area (Å²) in [7, 11) is 1.64. The van der Waals surface area contributed by atoms with E-state index in [2.05, 4.69) is 33.7 Å². The number of methoxy groups -OCH3 is 1. The van der Waals surface area contributed by atoms with Crippen molar-refractivity contribution >= 4 is 28.6 Å². The maximum atomic E-state index is 13.2. The average Bonchev–Trinajstić information content (AvgIpc) is 2.70. The van der Waals surface area contributed by atoms with Crippen LogP contribution in [0.2, 0.25) is 5.15 Å². The summed E-state index contributed by atoms with van der Waals surface area (Å²) in [5, 5.41) is 0.330. The monoisotopic (exact) mass is 430 g/mol. The summed E-state index contributed by atoms with van der Waals surface area (Å²) >= 11 is 6.32. The van der Waals surface area contributed by atoms with E-state index < -0.39 is 0 Å². The molecule has 8 nitrogen and oxygen atoms in total. The van der Waals surface area contributed by atoms with Crippen molar-refractivity contribution in [1.82, 2.24) is 24.4 Å². The van der Waals surface area contributed by atoms with E-state index in [4.69, 9.17) is 22.1 Å². The smallest absolute Gasteiger partial charge is 0.223 e. The van der Waals surface area contributed by atoms with Crippen molar-refractivity contribution in [1.29, 1.82) is 0 Å². The van der Waals surface area contributed by atoms with Crippen LogP contribution in [0, 0.1) is 13.8 Å². The molecular weight excluding hydrogens is 404 g/mol. The molecule has 0 radical (unpaired) electrons. The van der Waals surface area contributed by atoms with Gasteiger partial charge in [0.15, 0.2) is 11.1 Å². The van der Waals surface area contributed by atoms with Crippen LogP contribution < -0.4 is 15.9 Å². The number of nitrogens with two attached hydrogens (primary N) is 1. The van der Waals surface area contributed by atoms with Crippen molar-refractivity contribution in [3.05, 3.63) is 50.2 Å². The Morgan fingerprint density at radius 1 is 1.23 bits per heavy atom. The van der Waals surface area contributed by atoms with Gasteiger partial charge in [0.25, 0.3) is 0 Å². The number of hydrogen-bond donors (Lipinski definition) is 1. The van der Waals surface area contributed by atoms with Crippen molar-refractivity contribution in [3.63, 3.8) is 0 Å². The second kappa shape index (κ2) is 8.97. The number of hydrogen-bond acceptors (Lipinski definition) is 7. The van der Waals surface area contributed by atoms with Gasteiger partial charge in [-0.25, -0.2) is 4.98 Å². The Morgan fingerprint density at radius 3 is 2.57 bits per heavy atom. The summed E-state index contributed by atoms with van der Waals surface area (Å²) in [4.78, 5) is 28.2. The van der Waals surface area contributed by atoms with E-state index in [0.717, 1.165) is 35.7 Å². The van der Waals surface area contributed by atoms with Crippen molar-refractivity contribution in [2.45, 2.75) is 40.8 Å². The van der Waals surface area contributed by atoms with Gasteiger partial charge in [-0.2, -0.15) is 4.98 Å². The molecule has 0 amide bonds. The van der Waals surface area contributed by atoms with Gasteiger partial charge in [-0.15, -0.1) is 0 Å². The van der Waals surface area contributed by atoms with Crippen LogP contribution in [0.5, 0.6) is 5.75 Å². The molecule has 0 aliphatic rings. The number of nitrogens with zero attached hydrogens (tertiary/aromatic N) is 5. The summed E-state index contributed by atoms with van der Waals surface area (Å²) < 4.78 is 7.40. The second-order valence-corrected chi connectivity index (χ2v) is 7.55. The maximum Gasteiger partial charge on any atom is 0.223 e. The lowest BCUT2D eigenvalue weighted by Crippen LogP contribution is -2.27. The Hall–Kier alpha value is -2.71. The van der Waals surface area contributed by atoms with Crippen LogP contribution in [0.25, 0.3) is 11.0 Å². The molecule has 0 aromatic carbocycles. The first-order valence-corrected chi connectivity index (χ1v) is 10.2. The zero-order valence-electron chi connectivity index (χ0n) is 18.0. The highest BCUT2D eigenvalue weighted by atomic mass is 35.5. The first-order valence-electron chi connectivity index (χ1n) is 9.87. The fourth-order valence-electron chi connectivity index (χ4n) is 3.62. The summed E-state index contributed by atoms with van der Waals surface area (Å²) in [6, 6.07) is 0. The third-order valence-electron chi connectivity index (χ3n) is 5.32. The van der Waals surface area contributed by atoms with Gasteiger partial charge in [-0.1, -0.05) is 25.4 Å². The lowest BCUT2D eigenvalue weighted by atomic mass is 10.1. The molecule has 0 atom stereocenters. The minimum atomic E-state index is -0.177. The Morgan fingerprint density at radius 2 is 1.93 bits per heavy atom. The number of aromatic nitrogens is 4. The number of fused-ring (bicyclic) bond motifs is 1. The molecule has 3 heterocycles. The predicted octanol–water partition coefficient (Wildman–Crippen LogP) is 2.94. The fraction of sp³-hybridized carbons (Fsp3) is 0.429. The van der Waals surface area contributed by atoms with Crippen molar-refractivity contribution in [2.24, 2.45) is 0 Å². The molecule has 160 valence electrons. The van der Waals surface area contributed by atoms with Gasteiger partial charge in [0.1, 0.15) is 16.3 Å². The second-order valence-electron chi connectivity index (χ2n) is 7.19. The van der Waals surface area contributed by atoms with E-state index >= 15 is 0 Å². The van der Waals surface area contributed by atoms with E-state index in [1.165, 1.54) is 0 Å². The quantitative estimate of drug-likeness (QED) is 0.575. The van der Waals surface area contributed by atoms with Crippen LogP contribution in [0.15, 0.2) is 17.2 Å². The highest BCUT2D eigenvalue weighted by Crippen LogP contribution is 2.26. The van der Waals surface area contributed by atoms with Gasteiger partial charge >= 0.3 is 0 Å². The topological polar surface area (TPSA) is 99.2 Å². The van der Waals surface area contributed by atoms with Gasteiger partial charge in [-0.3, -0.25) is 14.7 Å². The van der Waals surface area contributed by atoms with Gasteiger partial charge < -0.3 is 15.0 Å². The number of nitrogen functional groups attached to an aromatic ring is 1. The molecule has 0 spiro atoms. The van der Waals surface area contributed by atoms with Crippen LogP contribution in [-0.4, -0.2) is 44.6 Å². The highest BCUT2D eigenvalue weighted by Gasteiger charge is 2.18. The Kier molecular flexibility index (Phi) is 6.58. The molecule has 2 N–H and O–H groups in total. The van der Waals surface area contributed by atoms with Crippen LogP contribution >= 0.6 is 11.6 Å². The Labute approximate surface area is 180 Å². The van der Waals surface area contributed by atoms with E-state index in [1.807, 2.05) is 24.6 Å². The number of anilines is 1. The number of pyridine rings is 2. The Bertz CT molecular complexity index is 1140. The molecule has 3 aromatic heterocycles. The third-order valence-corrected chi connectivity index (χ3v) is 5.60. The van der Waals surface area contributed by atoms with Crippen LogP contribution in [0.4, 0.5) is 5.95 Å². The normalized spacial score (nSPS) is 11.4. The third kappa shape index (κ3) is 4.11. The standard InChI is InChI=1S/C21H27ClN6O2/c1-6-27(7-2)9-14-10-28(11-15-13(4)18(30-5)12(3)8-24-15)20-16(17(14)29)19(22)25-21(23)26-20/h8,10H,6-7,9,11H2,1-5H3,(H2,23,25,26). The molecule has 0 saturated carbocycles. The highest BCUT2D eigenvalue weighted by molar-refractivity contribution is 6.34. The lowest BCUT2D eigenvalue weighted by Gasteiger charge is -2.20. The van der Waals surface area contributed by atoms with Crippen LogP contribution in [0.1, 0.15) is 36.2 Å². The molecule has 3 aromatic rings. The Balaban J connectivity index is 2.23. The number of ether oxygens (including phenoxy) is 1. The van der Waals surface area contributed by atoms with E-state index in [-0.39, 0.29) is 21.9 Å². The summed E-state index contributed by atoms with van der Waals surface area (Å²) in [6.07, 6.45) is 3.60. The minimum absolute atomic E-state index is 0.0170. The van der Waals surface area contributed by atoms with Crippen molar-refractivity contribution < 1.29 is 4.74 Å². The van der Waals surface area contributed by atoms with Crippen molar-refractivity contribution in [2.75, 3.05) is 25.9 Å². The summed E-state index contributed by atoms with van der Waals surface area (Å²) in [5.41, 5.74) is 9.37. The summed E-state index contributed by atoms with van der Waals surface area (Å²) in [6.45, 7) is 10.6. The molecule has 0 saturated heterocycles. The van der Waals surface area contributed by atoms with E-state index in [9.17, 15) is 4.79 Å². The molecule has 9 heteroatoms. The first kappa shape index (κ1) is 22.0. The van der Waals surface area contributed by atoms with Gasteiger partial charge in [0.05, 0.1) is 19.3 Å². The molecule has 0 unspecified atom stereocenters. The van der Waals surface area contributed by atoms with E-state index in [0.29, 0.717) is 24.3 Å². The molecule has 0 fully saturated rings. The van der Waals surface area contributed by atoms with Gasteiger partial charge in [0, 0.05) is 35.6 Å².